The van der Waals surface area contributed by atoms with Crippen molar-refractivity contribution in [1.82, 2.24) is 0 Å². The second kappa shape index (κ2) is 7.17. The van der Waals surface area contributed by atoms with Crippen molar-refractivity contribution in [1.29, 1.82) is 0 Å². The normalized spacial score (nSPS) is 10.1. The Morgan fingerprint density at radius 2 is 1.77 bits per heavy atom. The minimum atomic E-state index is -0.582. The Morgan fingerprint density at radius 3 is 2.41 bits per heavy atom. The zero-order valence-electron chi connectivity index (χ0n) is 11.6. The molecule has 4 nitrogen and oxygen atoms in total. The van der Waals surface area contributed by atoms with Crippen LogP contribution >= 0.6 is 15.9 Å². The summed E-state index contributed by atoms with van der Waals surface area (Å²) >= 11 is 3.20. The lowest BCUT2D eigenvalue weighted by atomic mass is 10.1. The summed E-state index contributed by atoms with van der Waals surface area (Å²) in [5, 5.41) is 0. The van der Waals surface area contributed by atoms with Crippen LogP contribution in [0.25, 0.3) is 0 Å². The number of ether oxygens (including phenoxy) is 2. The monoisotopic (exact) mass is 366 g/mol. The van der Waals surface area contributed by atoms with Crippen LogP contribution in [0.5, 0.6) is 0 Å². The maximum atomic E-state index is 13.0. The number of carbonyl (C=O) groups is 2. The molecule has 0 spiro atoms. The Morgan fingerprint density at radius 1 is 1.09 bits per heavy atom. The van der Waals surface area contributed by atoms with E-state index in [4.69, 9.17) is 4.74 Å². The summed E-state index contributed by atoms with van der Waals surface area (Å²) in [4.78, 5) is 23.4. The summed E-state index contributed by atoms with van der Waals surface area (Å²) in [7, 11) is 1.26. The Balaban J connectivity index is 2.08. The van der Waals surface area contributed by atoms with Gasteiger partial charge in [0, 0.05) is 10.0 Å². The number of esters is 2. The Bertz CT molecular complexity index is 715. The van der Waals surface area contributed by atoms with Crippen molar-refractivity contribution in [2.45, 2.75) is 6.61 Å². The lowest BCUT2D eigenvalue weighted by molar-refractivity contribution is 0.0472. The van der Waals surface area contributed by atoms with E-state index in [2.05, 4.69) is 20.7 Å². The van der Waals surface area contributed by atoms with Crippen molar-refractivity contribution < 1.29 is 23.5 Å². The highest BCUT2D eigenvalue weighted by Gasteiger charge is 2.12. The fourth-order valence-corrected chi connectivity index (χ4v) is 2.22. The highest BCUT2D eigenvalue weighted by Crippen LogP contribution is 2.19. The van der Waals surface area contributed by atoms with Gasteiger partial charge in [0.1, 0.15) is 12.4 Å². The molecule has 0 radical (unpaired) electrons. The van der Waals surface area contributed by atoms with Gasteiger partial charge in [-0.2, -0.15) is 0 Å². The molecule has 22 heavy (non-hydrogen) atoms. The largest absolute Gasteiger partial charge is 0.465 e. The van der Waals surface area contributed by atoms with Gasteiger partial charge in [-0.25, -0.2) is 14.0 Å². The van der Waals surface area contributed by atoms with Gasteiger partial charge in [-0.1, -0.05) is 28.1 Å². The summed E-state index contributed by atoms with van der Waals surface area (Å²) in [6, 6.07) is 10.1. The average Bonchev–Trinajstić information content (AvgIpc) is 2.53. The minimum Gasteiger partial charge on any atom is -0.465 e. The van der Waals surface area contributed by atoms with E-state index in [1.807, 2.05) is 0 Å². The average molecular weight is 367 g/mol. The van der Waals surface area contributed by atoms with Gasteiger partial charge in [-0.3, -0.25) is 0 Å². The molecule has 0 aromatic heterocycles. The van der Waals surface area contributed by atoms with Gasteiger partial charge in [0.25, 0.3) is 0 Å². The zero-order valence-corrected chi connectivity index (χ0v) is 13.2. The molecule has 0 heterocycles. The van der Waals surface area contributed by atoms with E-state index in [1.54, 1.807) is 12.1 Å². The summed E-state index contributed by atoms with van der Waals surface area (Å²) in [6.45, 7) is -0.0118. The topological polar surface area (TPSA) is 52.6 Å². The molecule has 0 N–H and O–H groups in total. The number of hydrogen-bond donors (Lipinski definition) is 0. The third kappa shape index (κ3) is 3.92. The van der Waals surface area contributed by atoms with Crippen molar-refractivity contribution in [2.75, 3.05) is 7.11 Å². The first-order valence-electron chi connectivity index (χ1n) is 6.30. The fraction of sp³-hybridized carbons (Fsp3) is 0.125. The molecular formula is C16H12BrFO4. The van der Waals surface area contributed by atoms with E-state index < -0.39 is 11.9 Å². The second-order valence-electron chi connectivity index (χ2n) is 4.38. The molecule has 114 valence electrons. The molecule has 6 heteroatoms. The third-order valence-corrected chi connectivity index (χ3v) is 3.63. The molecule has 0 aliphatic carbocycles. The number of carbonyl (C=O) groups excluding carboxylic acids is 2. The number of hydrogen-bond acceptors (Lipinski definition) is 4. The van der Waals surface area contributed by atoms with E-state index in [0.717, 1.165) is 0 Å². The zero-order chi connectivity index (χ0) is 16.1. The third-order valence-electron chi connectivity index (χ3n) is 2.89. The standard InChI is InChI=1S/C16H12BrFO4/c1-21-15(19)10-3-2-4-11(7-10)16(20)22-9-12-5-6-13(18)8-14(12)17/h2-8H,9H2,1H3. The Labute approximate surface area is 135 Å². The van der Waals surface area contributed by atoms with Crippen molar-refractivity contribution >= 4 is 27.9 Å². The van der Waals surface area contributed by atoms with Gasteiger partial charge >= 0.3 is 11.9 Å². The number of methoxy groups -OCH3 is 1. The first kappa shape index (κ1) is 16.2. The first-order chi connectivity index (χ1) is 10.5. The molecule has 0 saturated carbocycles. The predicted molar refractivity (Wildman–Crippen MR) is 81.0 cm³/mol. The maximum absolute atomic E-state index is 13.0. The second-order valence-corrected chi connectivity index (χ2v) is 5.24. The van der Waals surface area contributed by atoms with Crippen LogP contribution in [-0.2, 0) is 16.1 Å². The smallest absolute Gasteiger partial charge is 0.338 e. The van der Waals surface area contributed by atoms with Gasteiger partial charge in [0.15, 0.2) is 0 Å². The number of rotatable bonds is 4. The van der Waals surface area contributed by atoms with E-state index in [-0.39, 0.29) is 23.6 Å². The predicted octanol–water partition coefficient (Wildman–Crippen LogP) is 3.73. The molecule has 0 fully saturated rings. The SMILES string of the molecule is COC(=O)c1cccc(C(=O)OCc2ccc(F)cc2Br)c1. The van der Waals surface area contributed by atoms with Crippen molar-refractivity contribution in [3.05, 3.63) is 69.4 Å². The molecule has 0 atom stereocenters. The van der Waals surface area contributed by atoms with Crippen molar-refractivity contribution in [3.63, 3.8) is 0 Å². The van der Waals surface area contributed by atoms with E-state index in [1.165, 1.54) is 37.4 Å². The Hall–Kier alpha value is -2.21. The van der Waals surface area contributed by atoms with Crippen LogP contribution in [0.1, 0.15) is 26.3 Å². The first-order valence-corrected chi connectivity index (χ1v) is 7.10. The molecule has 0 aliphatic rings. The summed E-state index contributed by atoms with van der Waals surface area (Å²) < 4.78 is 23.3. The molecule has 0 unspecified atom stereocenters. The molecule has 0 amide bonds. The van der Waals surface area contributed by atoms with Gasteiger partial charge in [0.05, 0.1) is 18.2 Å². The van der Waals surface area contributed by atoms with E-state index in [9.17, 15) is 14.0 Å². The number of benzene rings is 2. The quantitative estimate of drug-likeness (QED) is 0.773. The fourth-order valence-electron chi connectivity index (χ4n) is 1.76. The minimum absolute atomic E-state index is 0.0118. The van der Waals surface area contributed by atoms with Gasteiger partial charge in [-0.15, -0.1) is 0 Å². The lowest BCUT2D eigenvalue weighted by Crippen LogP contribution is -2.08. The summed E-state index contributed by atoms with van der Waals surface area (Å²) in [5.74, 6) is -1.49. The van der Waals surface area contributed by atoms with Crippen LogP contribution in [0.15, 0.2) is 46.9 Å². The molecular weight excluding hydrogens is 355 g/mol. The van der Waals surface area contributed by atoms with Gasteiger partial charge in [0.2, 0.25) is 0 Å². The Kier molecular flexibility index (Phi) is 5.27. The van der Waals surface area contributed by atoms with Crippen LogP contribution < -0.4 is 0 Å². The highest BCUT2D eigenvalue weighted by atomic mass is 79.9. The summed E-state index contributed by atoms with van der Waals surface area (Å²) in [5.41, 5.74) is 1.14. The molecule has 0 saturated heterocycles. The van der Waals surface area contributed by atoms with Gasteiger partial charge in [-0.05, 0) is 30.3 Å². The van der Waals surface area contributed by atoms with Crippen LogP contribution in [0, 0.1) is 5.82 Å². The van der Waals surface area contributed by atoms with E-state index in [0.29, 0.717) is 10.0 Å². The lowest BCUT2D eigenvalue weighted by Gasteiger charge is -2.07. The van der Waals surface area contributed by atoms with Gasteiger partial charge < -0.3 is 9.47 Å². The van der Waals surface area contributed by atoms with Crippen molar-refractivity contribution in [3.8, 4) is 0 Å². The number of halogens is 2. The molecule has 0 bridgehead atoms. The van der Waals surface area contributed by atoms with Crippen LogP contribution in [0.4, 0.5) is 4.39 Å². The molecule has 0 aliphatic heterocycles. The maximum Gasteiger partial charge on any atom is 0.338 e. The van der Waals surface area contributed by atoms with Crippen LogP contribution in [0.3, 0.4) is 0 Å². The highest BCUT2D eigenvalue weighted by molar-refractivity contribution is 9.10. The van der Waals surface area contributed by atoms with Crippen LogP contribution in [-0.4, -0.2) is 19.0 Å². The summed E-state index contributed by atoms with van der Waals surface area (Å²) in [6.07, 6.45) is 0. The van der Waals surface area contributed by atoms with Crippen LogP contribution in [0.2, 0.25) is 0 Å². The van der Waals surface area contributed by atoms with E-state index >= 15 is 0 Å². The van der Waals surface area contributed by atoms with Crippen molar-refractivity contribution in [2.24, 2.45) is 0 Å². The molecule has 2 aromatic carbocycles. The molecule has 2 aromatic rings. The molecule has 2 rings (SSSR count).